The van der Waals surface area contributed by atoms with E-state index in [0.717, 1.165) is 38.0 Å². The number of hydrogen-bond acceptors (Lipinski definition) is 2. The van der Waals surface area contributed by atoms with Gasteiger partial charge in [0.2, 0.25) is 0 Å². The van der Waals surface area contributed by atoms with Gasteiger partial charge in [-0.2, -0.15) is 5.10 Å². The summed E-state index contributed by atoms with van der Waals surface area (Å²) in [6.07, 6.45) is 15.5. The van der Waals surface area contributed by atoms with Crippen LogP contribution in [0.2, 0.25) is 0 Å². The lowest BCUT2D eigenvalue weighted by Crippen LogP contribution is -2.43. The molecule has 6 aromatic rings. The number of nitrogens with zero attached hydrogens (tertiary/aromatic N) is 4. The van der Waals surface area contributed by atoms with E-state index < -0.39 is 5.54 Å². The number of imidazole rings is 1. The molecule has 3 aromatic heterocycles. The Balaban J connectivity index is 1.57. The zero-order valence-corrected chi connectivity index (χ0v) is 24.3. The van der Waals surface area contributed by atoms with E-state index in [0.29, 0.717) is 11.3 Å². The van der Waals surface area contributed by atoms with Crippen LogP contribution in [0.1, 0.15) is 17.5 Å². The Morgan fingerprint density at radius 3 is 2.17 bits per heavy atom. The van der Waals surface area contributed by atoms with Crippen LogP contribution in [0.4, 0.5) is 4.39 Å². The van der Waals surface area contributed by atoms with Crippen LogP contribution in [0.15, 0.2) is 140 Å². The van der Waals surface area contributed by atoms with Gasteiger partial charge in [-0.25, -0.2) is 9.37 Å². The molecular formula is C35H26FIN4. The molecule has 1 atom stereocenters. The van der Waals surface area contributed by atoms with Crippen LogP contribution < -0.4 is 0 Å². The molecule has 1 aliphatic rings. The smallest absolute Gasteiger partial charge is 0.137 e. The summed E-state index contributed by atoms with van der Waals surface area (Å²) < 4.78 is 20.6. The summed E-state index contributed by atoms with van der Waals surface area (Å²) in [6.45, 7) is 0. The Morgan fingerprint density at radius 1 is 0.780 bits per heavy atom. The van der Waals surface area contributed by atoms with Gasteiger partial charge in [0.1, 0.15) is 26.4 Å². The fourth-order valence-corrected chi connectivity index (χ4v) is 6.56. The molecule has 0 aliphatic heterocycles. The highest BCUT2D eigenvalue weighted by Gasteiger charge is 2.44. The maximum atomic E-state index is 15.5. The van der Waals surface area contributed by atoms with Gasteiger partial charge in [0.05, 0.1) is 6.20 Å². The largest absolute Gasteiger partial charge is 0.294 e. The molecular weight excluding hydrogens is 622 g/mol. The summed E-state index contributed by atoms with van der Waals surface area (Å²) in [5, 5.41) is 5.30. The molecule has 0 radical (unpaired) electrons. The SMILES string of the molecule is Fc1ccccc1-c1nn(C(c2ccccc2)(c2ccccc2)C2C=CC=CC2)cc1-c1ccc2ncc(I)n2c1. The first kappa shape index (κ1) is 25.7. The number of hydrogen-bond donors (Lipinski definition) is 0. The Hall–Kier alpha value is -4.30. The number of rotatable bonds is 6. The molecule has 1 unspecified atom stereocenters. The Bertz CT molecular complexity index is 1860. The predicted octanol–water partition coefficient (Wildman–Crippen LogP) is 8.53. The van der Waals surface area contributed by atoms with Crippen molar-refractivity contribution in [2.45, 2.75) is 12.0 Å². The minimum Gasteiger partial charge on any atom is -0.294 e. The molecule has 1 aliphatic carbocycles. The number of allylic oxidation sites excluding steroid dienone is 4. The van der Waals surface area contributed by atoms with Gasteiger partial charge in [0, 0.05) is 35.0 Å². The standard InChI is InChI=1S/C35H26FIN4/c36-31-19-11-10-18-29(31)34-30(25-20-21-33-38-22-32(37)40(33)23-25)24-41(39-34)35(26-12-4-1-5-13-26,27-14-6-2-7-15-27)28-16-8-3-9-17-28/h1-16,18-24,28H,17H2. The lowest BCUT2D eigenvalue weighted by molar-refractivity contribution is 0.293. The highest BCUT2D eigenvalue weighted by Crippen LogP contribution is 2.46. The normalized spacial score (nSPS) is 15.0. The molecule has 3 heterocycles. The Kier molecular flexibility index (Phi) is 6.63. The number of aromatic nitrogens is 4. The molecule has 0 saturated heterocycles. The van der Waals surface area contributed by atoms with Crippen molar-refractivity contribution in [1.82, 2.24) is 19.2 Å². The lowest BCUT2D eigenvalue weighted by Gasteiger charge is -2.41. The van der Waals surface area contributed by atoms with E-state index >= 15 is 4.39 Å². The highest BCUT2D eigenvalue weighted by molar-refractivity contribution is 14.1. The number of benzene rings is 3. The van der Waals surface area contributed by atoms with Crippen molar-refractivity contribution in [3.8, 4) is 22.4 Å². The number of halogens is 2. The van der Waals surface area contributed by atoms with Gasteiger partial charge in [-0.3, -0.25) is 9.08 Å². The molecule has 6 heteroatoms. The molecule has 4 nitrogen and oxygen atoms in total. The summed E-state index contributed by atoms with van der Waals surface area (Å²) >= 11 is 2.28. The number of pyridine rings is 1. The van der Waals surface area contributed by atoms with Crippen LogP contribution in [-0.4, -0.2) is 19.2 Å². The van der Waals surface area contributed by atoms with Crippen molar-refractivity contribution in [1.29, 1.82) is 0 Å². The zero-order chi connectivity index (χ0) is 27.8. The molecule has 200 valence electrons. The van der Waals surface area contributed by atoms with Crippen molar-refractivity contribution in [3.63, 3.8) is 0 Å². The van der Waals surface area contributed by atoms with E-state index in [4.69, 9.17) is 5.10 Å². The fraction of sp³-hybridized carbons (Fsp3) is 0.0857. The van der Waals surface area contributed by atoms with Crippen molar-refractivity contribution in [2.75, 3.05) is 0 Å². The van der Waals surface area contributed by atoms with Gasteiger partial charge in [0.25, 0.3) is 0 Å². The minimum atomic E-state index is -0.685. The molecule has 41 heavy (non-hydrogen) atoms. The fourth-order valence-electron chi connectivity index (χ4n) is 6.03. The molecule has 0 fully saturated rings. The zero-order valence-electron chi connectivity index (χ0n) is 22.1. The van der Waals surface area contributed by atoms with Crippen LogP contribution in [0.5, 0.6) is 0 Å². The Morgan fingerprint density at radius 2 is 1.49 bits per heavy atom. The van der Waals surface area contributed by atoms with Crippen molar-refractivity contribution in [2.24, 2.45) is 5.92 Å². The topological polar surface area (TPSA) is 35.1 Å². The predicted molar refractivity (Wildman–Crippen MR) is 170 cm³/mol. The highest BCUT2D eigenvalue weighted by atomic mass is 127. The quantitative estimate of drug-likeness (QED) is 0.170. The maximum Gasteiger partial charge on any atom is 0.137 e. The second-order valence-corrected chi connectivity index (χ2v) is 11.3. The summed E-state index contributed by atoms with van der Waals surface area (Å²) in [7, 11) is 0. The molecule has 0 N–H and O–H groups in total. The minimum absolute atomic E-state index is 0.0654. The summed E-state index contributed by atoms with van der Waals surface area (Å²) in [5.74, 6) is -0.238. The summed E-state index contributed by atoms with van der Waals surface area (Å²) in [4.78, 5) is 4.49. The summed E-state index contributed by atoms with van der Waals surface area (Å²) in [6, 6.07) is 32.0. The molecule has 7 rings (SSSR count). The van der Waals surface area contributed by atoms with Gasteiger partial charge >= 0.3 is 0 Å². The van der Waals surface area contributed by atoms with Crippen molar-refractivity contribution in [3.05, 3.63) is 161 Å². The Labute approximate surface area is 251 Å². The van der Waals surface area contributed by atoms with Gasteiger partial charge in [-0.1, -0.05) is 97.1 Å². The average Bonchev–Trinajstić information content (AvgIpc) is 3.63. The van der Waals surface area contributed by atoms with Crippen LogP contribution in [-0.2, 0) is 5.54 Å². The lowest BCUT2D eigenvalue weighted by atomic mass is 9.70. The van der Waals surface area contributed by atoms with E-state index in [1.165, 1.54) is 6.07 Å². The first-order valence-corrected chi connectivity index (χ1v) is 14.7. The second-order valence-electron chi connectivity index (χ2n) is 10.2. The molecule has 0 bridgehead atoms. The summed E-state index contributed by atoms with van der Waals surface area (Å²) in [5.41, 5.74) is 5.27. The van der Waals surface area contributed by atoms with E-state index in [1.54, 1.807) is 12.1 Å². The van der Waals surface area contributed by atoms with Crippen LogP contribution >= 0.6 is 22.6 Å². The van der Waals surface area contributed by atoms with Crippen LogP contribution in [0.25, 0.3) is 28.0 Å². The van der Waals surface area contributed by atoms with Gasteiger partial charge in [-0.05, 0) is 64.4 Å². The second kappa shape index (κ2) is 10.6. The van der Waals surface area contributed by atoms with Crippen LogP contribution in [0.3, 0.4) is 0 Å². The molecule has 0 saturated carbocycles. The molecule has 3 aromatic carbocycles. The third-order valence-corrected chi connectivity index (χ3v) is 8.72. The van der Waals surface area contributed by atoms with Crippen molar-refractivity contribution < 1.29 is 4.39 Å². The third kappa shape index (κ3) is 4.34. The van der Waals surface area contributed by atoms with Gasteiger partial charge in [-0.15, -0.1) is 0 Å². The monoisotopic (exact) mass is 648 g/mol. The van der Waals surface area contributed by atoms with Crippen LogP contribution in [0, 0.1) is 15.4 Å². The van der Waals surface area contributed by atoms with E-state index in [2.05, 4.69) is 122 Å². The van der Waals surface area contributed by atoms with E-state index in [9.17, 15) is 0 Å². The molecule has 0 amide bonds. The first-order valence-electron chi connectivity index (χ1n) is 13.6. The average molecular weight is 649 g/mol. The third-order valence-electron chi connectivity index (χ3n) is 7.92. The van der Waals surface area contributed by atoms with Gasteiger partial charge in [0.15, 0.2) is 0 Å². The van der Waals surface area contributed by atoms with Gasteiger partial charge < -0.3 is 0 Å². The maximum absolute atomic E-state index is 15.5. The van der Waals surface area contributed by atoms with E-state index in [-0.39, 0.29) is 11.7 Å². The molecule has 0 spiro atoms. The van der Waals surface area contributed by atoms with Crippen molar-refractivity contribution >= 4 is 28.2 Å². The van der Waals surface area contributed by atoms with E-state index in [1.807, 2.05) is 36.5 Å². The number of fused-ring (bicyclic) bond motifs is 1. The first-order chi connectivity index (χ1) is 20.2.